The number of nitrogens with one attached hydrogen (secondary N) is 1. The second kappa shape index (κ2) is 8.29. The van der Waals surface area contributed by atoms with Crippen LogP contribution >= 0.6 is 11.6 Å². The highest BCUT2D eigenvalue weighted by atomic mass is 35.5. The van der Waals surface area contributed by atoms with Crippen molar-refractivity contribution in [1.82, 2.24) is 4.72 Å². The maximum atomic E-state index is 12.8. The number of hydrogen-bond donors (Lipinski definition) is 1. The lowest BCUT2D eigenvalue weighted by Crippen LogP contribution is -2.33. The maximum absolute atomic E-state index is 12.8. The van der Waals surface area contributed by atoms with Gasteiger partial charge in [-0.1, -0.05) is 24.4 Å². The largest absolute Gasteiger partial charge is 0.495 e. The third-order valence-corrected chi connectivity index (χ3v) is 6.18. The van der Waals surface area contributed by atoms with Crippen LogP contribution in [0, 0.1) is 0 Å². The van der Waals surface area contributed by atoms with Crippen LogP contribution in [0.15, 0.2) is 47.4 Å². The summed E-state index contributed by atoms with van der Waals surface area (Å²) in [5, 5.41) is 0.519. The van der Waals surface area contributed by atoms with Gasteiger partial charge in [-0.2, -0.15) is 0 Å². The van der Waals surface area contributed by atoms with Crippen LogP contribution in [0.2, 0.25) is 5.02 Å². The maximum Gasteiger partial charge on any atom is 0.343 e. The number of methoxy groups -OCH3 is 1. The summed E-state index contributed by atoms with van der Waals surface area (Å²) >= 11 is 5.81. The quantitative estimate of drug-likeness (QED) is 0.579. The van der Waals surface area contributed by atoms with E-state index in [9.17, 15) is 13.2 Å². The summed E-state index contributed by atoms with van der Waals surface area (Å²) in [6, 6.07) is 10.4. The van der Waals surface area contributed by atoms with Crippen LogP contribution in [-0.2, 0) is 10.0 Å². The topological polar surface area (TPSA) is 81.7 Å². The normalized spacial score (nSPS) is 14.9. The molecule has 0 atom stereocenters. The molecule has 1 aliphatic rings. The smallest absolute Gasteiger partial charge is 0.343 e. The Labute approximate surface area is 163 Å². The Morgan fingerprint density at radius 1 is 1.11 bits per heavy atom. The van der Waals surface area contributed by atoms with Crippen LogP contribution in [0.3, 0.4) is 0 Å². The van der Waals surface area contributed by atoms with Crippen LogP contribution < -0.4 is 14.2 Å². The lowest BCUT2D eigenvalue weighted by Gasteiger charge is -2.15. The molecule has 8 heteroatoms. The Kier molecular flexibility index (Phi) is 6.04. The Hall–Kier alpha value is -2.09. The monoisotopic (exact) mass is 409 g/mol. The molecule has 1 N–H and O–H groups in total. The van der Waals surface area contributed by atoms with E-state index in [1.54, 1.807) is 24.3 Å². The first-order valence-electron chi connectivity index (χ1n) is 8.57. The zero-order valence-corrected chi connectivity index (χ0v) is 16.3. The van der Waals surface area contributed by atoms with E-state index in [4.69, 9.17) is 21.1 Å². The highest BCUT2D eigenvalue weighted by Crippen LogP contribution is 2.28. The Morgan fingerprint density at radius 3 is 2.41 bits per heavy atom. The molecule has 1 fully saturated rings. The van der Waals surface area contributed by atoms with Gasteiger partial charge < -0.3 is 9.47 Å². The van der Waals surface area contributed by atoms with Gasteiger partial charge >= 0.3 is 5.97 Å². The van der Waals surface area contributed by atoms with Gasteiger partial charge in [0.05, 0.1) is 12.7 Å². The van der Waals surface area contributed by atoms with Crippen molar-refractivity contribution in [2.24, 2.45) is 0 Å². The molecule has 1 saturated carbocycles. The lowest BCUT2D eigenvalue weighted by molar-refractivity contribution is 0.0734. The van der Waals surface area contributed by atoms with E-state index < -0.39 is 16.0 Å². The van der Waals surface area contributed by atoms with Gasteiger partial charge in [-0.05, 0) is 55.3 Å². The SMILES string of the molecule is COc1ccc(C(=O)Oc2ccc(Cl)cc2)cc1S(=O)(=O)NC1CCCC1. The van der Waals surface area contributed by atoms with Crippen molar-refractivity contribution >= 4 is 27.6 Å². The summed E-state index contributed by atoms with van der Waals surface area (Å²) in [4.78, 5) is 12.3. The van der Waals surface area contributed by atoms with Crippen LogP contribution in [0.4, 0.5) is 0 Å². The Morgan fingerprint density at radius 2 is 1.78 bits per heavy atom. The number of esters is 1. The van der Waals surface area contributed by atoms with Gasteiger partial charge in [0.15, 0.2) is 0 Å². The molecule has 2 aromatic carbocycles. The van der Waals surface area contributed by atoms with Gasteiger partial charge in [-0.3, -0.25) is 0 Å². The summed E-state index contributed by atoms with van der Waals surface area (Å²) in [6.45, 7) is 0. The zero-order valence-electron chi connectivity index (χ0n) is 14.8. The van der Waals surface area contributed by atoms with E-state index in [1.165, 1.54) is 25.3 Å². The molecular weight excluding hydrogens is 390 g/mol. The predicted molar refractivity (Wildman–Crippen MR) is 102 cm³/mol. The van der Waals surface area contributed by atoms with Crippen molar-refractivity contribution in [2.75, 3.05) is 7.11 Å². The van der Waals surface area contributed by atoms with Gasteiger partial charge in [0.25, 0.3) is 0 Å². The average Bonchev–Trinajstić information content (AvgIpc) is 3.15. The lowest BCUT2D eigenvalue weighted by atomic mass is 10.2. The van der Waals surface area contributed by atoms with E-state index in [-0.39, 0.29) is 22.3 Å². The van der Waals surface area contributed by atoms with Crippen molar-refractivity contribution in [1.29, 1.82) is 0 Å². The van der Waals surface area contributed by atoms with E-state index in [2.05, 4.69) is 4.72 Å². The van der Waals surface area contributed by atoms with E-state index in [1.807, 2.05) is 0 Å². The number of sulfonamides is 1. The number of benzene rings is 2. The zero-order chi connectivity index (χ0) is 19.4. The standard InChI is InChI=1S/C19H20ClNO5S/c1-25-17-11-6-13(19(22)26-16-9-7-14(20)8-10-16)12-18(17)27(23,24)21-15-4-2-3-5-15/h6-12,15,21H,2-5H2,1H3. The van der Waals surface area contributed by atoms with Crippen molar-refractivity contribution in [3.63, 3.8) is 0 Å². The molecule has 1 aliphatic carbocycles. The van der Waals surface area contributed by atoms with Gasteiger partial charge in [-0.15, -0.1) is 0 Å². The highest BCUT2D eigenvalue weighted by molar-refractivity contribution is 7.89. The van der Waals surface area contributed by atoms with Gasteiger partial charge in [0.2, 0.25) is 10.0 Å². The Balaban J connectivity index is 1.85. The molecule has 27 heavy (non-hydrogen) atoms. The van der Waals surface area contributed by atoms with Gasteiger partial charge in [-0.25, -0.2) is 17.9 Å². The fraction of sp³-hybridized carbons (Fsp3) is 0.316. The van der Waals surface area contributed by atoms with E-state index in [0.29, 0.717) is 10.8 Å². The number of halogens is 1. The summed E-state index contributed by atoms with van der Waals surface area (Å²) in [6.07, 6.45) is 3.61. The molecule has 3 rings (SSSR count). The minimum Gasteiger partial charge on any atom is -0.495 e. The van der Waals surface area contributed by atoms with Crippen LogP contribution in [0.5, 0.6) is 11.5 Å². The fourth-order valence-electron chi connectivity index (χ4n) is 3.01. The molecule has 0 bridgehead atoms. The van der Waals surface area contributed by atoms with Gasteiger partial charge in [0, 0.05) is 11.1 Å². The number of carbonyl (C=O) groups excluding carboxylic acids is 1. The molecule has 6 nitrogen and oxygen atoms in total. The van der Waals surface area contributed by atoms with Crippen LogP contribution in [0.25, 0.3) is 0 Å². The molecule has 2 aromatic rings. The van der Waals surface area contributed by atoms with Crippen molar-refractivity contribution in [2.45, 2.75) is 36.6 Å². The summed E-state index contributed by atoms with van der Waals surface area (Å²) in [5.74, 6) is -0.186. The molecule has 0 heterocycles. The van der Waals surface area contributed by atoms with Crippen LogP contribution in [-0.4, -0.2) is 27.5 Å². The number of rotatable bonds is 6. The summed E-state index contributed by atoms with van der Waals surface area (Å²) in [5.41, 5.74) is 0.109. The van der Waals surface area contributed by atoms with E-state index >= 15 is 0 Å². The predicted octanol–water partition coefficient (Wildman–Crippen LogP) is 3.79. The first-order chi connectivity index (χ1) is 12.9. The fourth-order valence-corrected chi connectivity index (χ4v) is 4.63. The molecule has 0 aromatic heterocycles. The summed E-state index contributed by atoms with van der Waals surface area (Å²) < 4.78 is 38.7. The third kappa shape index (κ3) is 4.80. The average molecular weight is 410 g/mol. The van der Waals surface area contributed by atoms with Crippen LogP contribution in [0.1, 0.15) is 36.0 Å². The molecule has 0 amide bonds. The first-order valence-corrected chi connectivity index (χ1v) is 10.4. The second-order valence-corrected chi connectivity index (χ2v) is 8.43. The summed E-state index contributed by atoms with van der Waals surface area (Å²) in [7, 11) is -2.44. The molecule has 0 radical (unpaired) electrons. The van der Waals surface area contributed by atoms with Crippen molar-refractivity contribution < 1.29 is 22.7 Å². The molecule has 0 saturated heterocycles. The minimum absolute atomic E-state index is 0.0811. The second-order valence-electron chi connectivity index (χ2n) is 6.31. The highest BCUT2D eigenvalue weighted by Gasteiger charge is 2.27. The van der Waals surface area contributed by atoms with E-state index in [0.717, 1.165) is 25.7 Å². The number of ether oxygens (including phenoxy) is 2. The van der Waals surface area contributed by atoms with Crippen molar-refractivity contribution in [3.8, 4) is 11.5 Å². The van der Waals surface area contributed by atoms with Crippen molar-refractivity contribution in [3.05, 3.63) is 53.1 Å². The third-order valence-electron chi connectivity index (χ3n) is 4.39. The van der Waals surface area contributed by atoms with Gasteiger partial charge in [0.1, 0.15) is 16.4 Å². The molecule has 0 spiro atoms. The molecule has 0 aliphatic heterocycles. The first kappa shape index (κ1) is 19.7. The molecule has 144 valence electrons. The Bertz CT molecular complexity index is 922. The number of hydrogen-bond acceptors (Lipinski definition) is 5. The number of carbonyl (C=O) groups is 1. The molecule has 0 unspecified atom stereocenters. The molecular formula is C19H20ClNO5S. The minimum atomic E-state index is -3.82.